The van der Waals surface area contributed by atoms with Gasteiger partial charge in [-0.05, 0) is 42.8 Å². The number of halogens is 2. The van der Waals surface area contributed by atoms with Crippen molar-refractivity contribution in [2.75, 3.05) is 4.90 Å². The monoisotopic (exact) mass is 418 g/mol. The summed E-state index contributed by atoms with van der Waals surface area (Å²) in [6.45, 7) is 1.71. The summed E-state index contributed by atoms with van der Waals surface area (Å²) in [5.41, 5.74) is 7.52. The highest BCUT2D eigenvalue weighted by atomic mass is 35.5. The number of benzene rings is 2. The third-order valence-corrected chi connectivity index (χ3v) is 5.21. The summed E-state index contributed by atoms with van der Waals surface area (Å²) < 4.78 is 13.0. The van der Waals surface area contributed by atoms with E-state index in [9.17, 15) is 14.0 Å². The van der Waals surface area contributed by atoms with Crippen molar-refractivity contribution >= 4 is 51.7 Å². The molecule has 0 aromatic heterocycles. The lowest BCUT2D eigenvalue weighted by Crippen LogP contribution is -2.31. The van der Waals surface area contributed by atoms with E-state index in [-0.39, 0.29) is 29.2 Å². The largest absolute Gasteiger partial charge is 0.377 e. The van der Waals surface area contributed by atoms with Gasteiger partial charge in [0.1, 0.15) is 11.1 Å². The fourth-order valence-corrected chi connectivity index (χ4v) is 3.62. The minimum Gasteiger partial charge on any atom is -0.377 e. The highest BCUT2D eigenvalue weighted by molar-refractivity contribution is 8.14. The second-order valence-electron chi connectivity index (χ2n) is 5.99. The maximum atomic E-state index is 13.0. The van der Waals surface area contributed by atoms with Crippen LogP contribution in [0, 0.1) is 5.82 Å². The Morgan fingerprint density at radius 3 is 2.61 bits per heavy atom. The van der Waals surface area contributed by atoms with E-state index in [0.717, 1.165) is 16.7 Å². The maximum absolute atomic E-state index is 13.0. The normalized spacial score (nSPS) is 18.1. The molecule has 0 aliphatic carbocycles. The Morgan fingerprint density at radius 2 is 1.93 bits per heavy atom. The molecule has 2 N–H and O–H groups in total. The van der Waals surface area contributed by atoms with Crippen LogP contribution in [0.15, 0.2) is 58.7 Å². The van der Waals surface area contributed by atoms with Crippen LogP contribution in [0.1, 0.15) is 18.9 Å². The Kier molecular flexibility index (Phi) is 6.11. The van der Waals surface area contributed by atoms with Gasteiger partial charge in [-0.15, -0.1) is 5.10 Å². The topological polar surface area (TPSA) is 88.1 Å². The highest BCUT2D eigenvalue weighted by Gasteiger charge is 2.40. The minimum atomic E-state index is -0.684. The smallest absolute Gasteiger partial charge is 0.247 e. The molecule has 9 heteroatoms. The van der Waals surface area contributed by atoms with E-state index in [0.29, 0.717) is 22.0 Å². The van der Waals surface area contributed by atoms with Gasteiger partial charge in [-0.3, -0.25) is 9.59 Å². The lowest BCUT2D eigenvalue weighted by atomic mass is 10.1. The van der Waals surface area contributed by atoms with Gasteiger partial charge in [0.15, 0.2) is 5.17 Å². The quantitative estimate of drug-likeness (QED) is 0.355. The zero-order valence-electron chi connectivity index (χ0n) is 14.8. The van der Waals surface area contributed by atoms with E-state index in [2.05, 4.69) is 10.2 Å². The van der Waals surface area contributed by atoms with E-state index >= 15 is 0 Å². The van der Waals surface area contributed by atoms with Crippen molar-refractivity contribution in [2.24, 2.45) is 15.9 Å². The molecule has 28 heavy (non-hydrogen) atoms. The number of rotatable bonds is 4. The summed E-state index contributed by atoms with van der Waals surface area (Å²) in [7, 11) is 0. The van der Waals surface area contributed by atoms with Gasteiger partial charge < -0.3 is 5.73 Å². The Hall–Kier alpha value is -2.71. The van der Waals surface area contributed by atoms with Crippen molar-refractivity contribution in [1.29, 1.82) is 0 Å². The number of amidine groups is 1. The first-order chi connectivity index (χ1) is 13.3. The number of hydrogen-bond acceptors (Lipinski definition) is 5. The molecule has 144 valence electrons. The summed E-state index contributed by atoms with van der Waals surface area (Å²) in [4.78, 5) is 26.0. The second kappa shape index (κ2) is 8.53. The molecule has 0 spiro atoms. The van der Waals surface area contributed by atoms with Crippen LogP contribution in [0.5, 0.6) is 0 Å². The van der Waals surface area contributed by atoms with E-state index in [1.807, 2.05) is 0 Å². The van der Waals surface area contributed by atoms with E-state index in [4.69, 9.17) is 17.3 Å². The molecule has 6 nitrogen and oxygen atoms in total. The average molecular weight is 419 g/mol. The number of nitrogens with two attached hydrogens (primary N) is 1. The Morgan fingerprint density at radius 1 is 1.21 bits per heavy atom. The van der Waals surface area contributed by atoms with Crippen LogP contribution in [-0.4, -0.2) is 27.9 Å². The third-order valence-electron chi connectivity index (χ3n) is 4.00. The minimum absolute atomic E-state index is 0.00684. The van der Waals surface area contributed by atoms with Crippen LogP contribution in [-0.2, 0) is 9.59 Å². The van der Waals surface area contributed by atoms with Gasteiger partial charge in [0.2, 0.25) is 11.8 Å². The van der Waals surface area contributed by atoms with Crippen molar-refractivity contribution in [2.45, 2.75) is 18.6 Å². The van der Waals surface area contributed by atoms with E-state index in [1.54, 1.807) is 43.3 Å². The molecule has 0 radical (unpaired) electrons. The zero-order valence-corrected chi connectivity index (χ0v) is 16.4. The molecule has 3 rings (SSSR count). The van der Waals surface area contributed by atoms with E-state index < -0.39 is 5.25 Å². The SMILES string of the molecule is C/C(=N/N=C(N)S[C@@H]1CC(=O)N(c2cccc(Cl)c2)C1=O)c1ccc(F)cc1. The molecule has 1 atom stereocenters. The fourth-order valence-electron chi connectivity index (χ4n) is 2.63. The molecular formula is C19H16ClFN4O2S. The van der Waals surface area contributed by atoms with Crippen LogP contribution in [0.2, 0.25) is 5.02 Å². The summed E-state index contributed by atoms with van der Waals surface area (Å²) in [5.74, 6) is -1.05. The van der Waals surface area contributed by atoms with Crippen molar-refractivity contribution in [1.82, 2.24) is 0 Å². The first-order valence-electron chi connectivity index (χ1n) is 8.28. The summed E-state index contributed by atoms with van der Waals surface area (Å²) in [6.07, 6.45) is 0.00684. The first-order valence-corrected chi connectivity index (χ1v) is 9.53. The molecule has 1 aliphatic rings. The number of hydrogen-bond donors (Lipinski definition) is 1. The molecule has 0 unspecified atom stereocenters. The maximum Gasteiger partial charge on any atom is 0.247 e. The number of imide groups is 1. The van der Waals surface area contributed by atoms with E-state index in [1.165, 1.54) is 12.1 Å². The molecule has 0 bridgehead atoms. The number of carbonyl (C=O) groups is 2. The van der Waals surface area contributed by atoms with Gasteiger partial charge in [0.05, 0.1) is 11.4 Å². The molecule has 2 amide bonds. The van der Waals surface area contributed by atoms with Crippen LogP contribution in [0.3, 0.4) is 0 Å². The standard InChI is InChI=1S/C19H16ClFN4O2S/c1-11(12-5-7-14(21)8-6-12)23-24-19(22)28-16-10-17(26)25(18(16)27)15-4-2-3-13(20)9-15/h2-9,16H,10H2,1H3,(H2,22,24)/b23-11-/t16-/m1/s1. The molecule has 1 fully saturated rings. The highest BCUT2D eigenvalue weighted by Crippen LogP contribution is 2.30. The predicted octanol–water partition coefficient (Wildman–Crippen LogP) is 3.58. The van der Waals surface area contributed by atoms with Crippen LogP contribution in [0.25, 0.3) is 0 Å². The van der Waals surface area contributed by atoms with Gasteiger partial charge >= 0.3 is 0 Å². The van der Waals surface area contributed by atoms with Crippen molar-refractivity contribution in [3.8, 4) is 0 Å². The lowest BCUT2D eigenvalue weighted by molar-refractivity contribution is -0.121. The number of carbonyl (C=O) groups excluding carboxylic acids is 2. The number of anilines is 1. The molecule has 2 aromatic carbocycles. The molecule has 0 saturated carbocycles. The van der Waals surface area contributed by atoms with Crippen molar-refractivity contribution in [3.05, 3.63) is 64.9 Å². The van der Waals surface area contributed by atoms with Crippen molar-refractivity contribution < 1.29 is 14.0 Å². The Labute approximate surface area is 170 Å². The van der Waals surface area contributed by atoms with Gasteiger partial charge in [0, 0.05) is 11.4 Å². The van der Waals surface area contributed by atoms with Crippen LogP contribution >= 0.6 is 23.4 Å². The molecular weight excluding hydrogens is 403 g/mol. The Bertz CT molecular complexity index is 978. The Balaban J connectivity index is 1.70. The average Bonchev–Trinajstić information content (AvgIpc) is 2.93. The molecule has 1 aliphatic heterocycles. The van der Waals surface area contributed by atoms with Crippen LogP contribution < -0.4 is 10.6 Å². The number of thioether (sulfide) groups is 1. The lowest BCUT2D eigenvalue weighted by Gasteiger charge is -2.14. The molecule has 2 aromatic rings. The molecule has 1 saturated heterocycles. The number of nitrogens with zero attached hydrogens (tertiary/aromatic N) is 3. The second-order valence-corrected chi connectivity index (χ2v) is 7.65. The summed E-state index contributed by atoms with van der Waals surface area (Å²) in [6, 6.07) is 12.3. The van der Waals surface area contributed by atoms with Gasteiger partial charge in [0.25, 0.3) is 0 Å². The summed E-state index contributed by atoms with van der Waals surface area (Å²) in [5, 5.41) is 7.72. The van der Waals surface area contributed by atoms with Gasteiger partial charge in [-0.1, -0.05) is 41.6 Å². The number of amides is 2. The van der Waals surface area contributed by atoms with Gasteiger partial charge in [-0.2, -0.15) is 5.10 Å². The van der Waals surface area contributed by atoms with Crippen LogP contribution in [0.4, 0.5) is 10.1 Å². The van der Waals surface area contributed by atoms with Gasteiger partial charge in [-0.25, -0.2) is 9.29 Å². The predicted molar refractivity (Wildman–Crippen MR) is 110 cm³/mol. The summed E-state index contributed by atoms with van der Waals surface area (Å²) >= 11 is 6.92. The fraction of sp³-hybridized carbons (Fsp3) is 0.158. The first kappa shape index (κ1) is 20.0. The third kappa shape index (κ3) is 4.58. The molecule has 1 heterocycles. The zero-order chi connectivity index (χ0) is 20.3. The van der Waals surface area contributed by atoms with Crippen molar-refractivity contribution in [3.63, 3.8) is 0 Å².